The fourth-order valence-electron chi connectivity index (χ4n) is 3.14. The Hall–Kier alpha value is -2.12. The van der Waals surface area contributed by atoms with Crippen LogP contribution in [0.4, 0.5) is 0 Å². The van der Waals surface area contributed by atoms with Gasteiger partial charge in [-0.25, -0.2) is 0 Å². The third-order valence-electron chi connectivity index (χ3n) is 4.88. The van der Waals surface area contributed by atoms with Crippen LogP contribution in [-0.4, -0.2) is 47.3 Å². The summed E-state index contributed by atoms with van der Waals surface area (Å²) in [6.07, 6.45) is 2.25. The van der Waals surface area contributed by atoms with E-state index in [2.05, 4.69) is 0 Å². The molecule has 2 atom stereocenters. The van der Waals surface area contributed by atoms with Gasteiger partial charge in [-0.15, -0.1) is 0 Å². The van der Waals surface area contributed by atoms with Gasteiger partial charge in [0.2, 0.25) is 0 Å². The first-order valence-corrected chi connectivity index (χ1v) is 9.78. The van der Waals surface area contributed by atoms with Crippen LogP contribution in [0.25, 0.3) is 0 Å². The van der Waals surface area contributed by atoms with Gasteiger partial charge >= 0.3 is 23.9 Å². The number of rotatable bonds is 15. The summed E-state index contributed by atoms with van der Waals surface area (Å²) in [5.41, 5.74) is -1.81. The molecule has 0 radical (unpaired) electrons. The highest BCUT2D eigenvalue weighted by Gasteiger charge is 2.45. The van der Waals surface area contributed by atoms with E-state index >= 15 is 0 Å². The van der Waals surface area contributed by atoms with Crippen molar-refractivity contribution in [3.8, 4) is 0 Å². The Morgan fingerprint density at radius 2 is 1.21 bits per heavy atom. The quantitative estimate of drug-likeness (QED) is 0.315. The SMILES string of the molecule is CCCC(C)(CC(C)(CC)C(=O)OCCCC(=O)O)C(=O)OCCCC(=O)O. The molecule has 0 aromatic carbocycles. The van der Waals surface area contributed by atoms with Crippen LogP contribution in [0.5, 0.6) is 0 Å². The second kappa shape index (κ2) is 12.4. The van der Waals surface area contributed by atoms with Crippen LogP contribution in [0.2, 0.25) is 0 Å². The second-order valence-corrected chi connectivity index (χ2v) is 7.67. The molecule has 8 heteroatoms. The van der Waals surface area contributed by atoms with Gasteiger partial charge in [0, 0.05) is 12.8 Å². The first-order valence-electron chi connectivity index (χ1n) is 9.78. The number of carbonyl (C=O) groups excluding carboxylic acids is 2. The molecule has 28 heavy (non-hydrogen) atoms. The Kier molecular flexibility index (Phi) is 11.4. The van der Waals surface area contributed by atoms with E-state index in [4.69, 9.17) is 19.7 Å². The second-order valence-electron chi connectivity index (χ2n) is 7.67. The summed E-state index contributed by atoms with van der Waals surface area (Å²) in [4.78, 5) is 46.4. The third-order valence-corrected chi connectivity index (χ3v) is 4.88. The number of carboxylic acid groups (broad SMARTS) is 2. The van der Waals surface area contributed by atoms with Gasteiger partial charge in [0.1, 0.15) is 0 Å². The molecule has 0 aromatic rings. The zero-order chi connectivity index (χ0) is 21.8. The van der Waals surface area contributed by atoms with Crippen molar-refractivity contribution < 1.29 is 38.9 Å². The van der Waals surface area contributed by atoms with Crippen LogP contribution in [-0.2, 0) is 28.7 Å². The highest BCUT2D eigenvalue weighted by molar-refractivity contribution is 5.80. The molecular weight excluding hydrogens is 368 g/mol. The number of carboxylic acids is 2. The number of aliphatic carboxylic acids is 2. The van der Waals surface area contributed by atoms with E-state index in [-0.39, 0.29) is 45.3 Å². The smallest absolute Gasteiger partial charge is 0.311 e. The molecule has 2 unspecified atom stereocenters. The lowest BCUT2D eigenvalue weighted by Crippen LogP contribution is -2.40. The number of hydrogen-bond acceptors (Lipinski definition) is 6. The molecule has 0 fully saturated rings. The number of ether oxygens (including phenoxy) is 2. The van der Waals surface area contributed by atoms with Crippen molar-refractivity contribution in [2.75, 3.05) is 13.2 Å². The van der Waals surface area contributed by atoms with Crippen LogP contribution < -0.4 is 0 Å². The molecule has 0 rings (SSSR count). The number of carbonyl (C=O) groups is 4. The topological polar surface area (TPSA) is 127 Å². The minimum absolute atomic E-state index is 0.0187. The minimum Gasteiger partial charge on any atom is -0.481 e. The van der Waals surface area contributed by atoms with Crippen LogP contribution in [0.1, 0.15) is 79.1 Å². The predicted octanol–water partition coefficient (Wildman–Crippen LogP) is 3.42. The molecule has 0 amide bonds. The molecule has 0 aromatic heterocycles. The first kappa shape index (κ1) is 25.9. The molecule has 0 saturated heterocycles. The normalized spacial score (nSPS) is 15.1. The summed E-state index contributed by atoms with van der Waals surface area (Å²) in [5.74, 6) is -2.80. The summed E-state index contributed by atoms with van der Waals surface area (Å²) < 4.78 is 10.5. The highest BCUT2D eigenvalue weighted by atomic mass is 16.5. The van der Waals surface area contributed by atoms with Gasteiger partial charge in [0.15, 0.2) is 0 Å². The Morgan fingerprint density at radius 1 is 0.786 bits per heavy atom. The molecule has 0 aliphatic heterocycles. The molecule has 0 bridgehead atoms. The van der Waals surface area contributed by atoms with Crippen molar-refractivity contribution >= 4 is 23.9 Å². The Morgan fingerprint density at radius 3 is 1.57 bits per heavy atom. The third kappa shape index (κ3) is 9.19. The van der Waals surface area contributed by atoms with E-state index in [0.29, 0.717) is 19.3 Å². The molecule has 2 N–H and O–H groups in total. The molecule has 0 spiro atoms. The maximum Gasteiger partial charge on any atom is 0.311 e. The average Bonchev–Trinajstić information content (AvgIpc) is 2.61. The van der Waals surface area contributed by atoms with Crippen molar-refractivity contribution in [2.24, 2.45) is 10.8 Å². The summed E-state index contributed by atoms with van der Waals surface area (Å²) in [6, 6.07) is 0. The van der Waals surface area contributed by atoms with Crippen molar-refractivity contribution in [2.45, 2.75) is 79.1 Å². The van der Waals surface area contributed by atoms with Gasteiger partial charge in [-0.05, 0) is 46.0 Å². The van der Waals surface area contributed by atoms with Crippen molar-refractivity contribution in [3.63, 3.8) is 0 Å². The van der Waals surface area contributed by atoms with E-state index in [0.717, 1.165) is 0 Å². The Labute approximate surface area is 166 Å². The lowest BCUT2D eigenvalue weighted by molar-refractivity contribution is -0.165. The zero-order valence-corrected chi connectivity index (χ0v) is 17.4. The minimum atomic E-state index is -0.949. The summed E-state index contributed by atoms with van der Waals surface area (Å²) in [7, 11) is 0. The van der Waals surface area contributed by atoms with Crippen LogP contribution in [0, 0.1) is 10.8 Å². The van der Waals surface area contributed by atoms with Gasteiger partial charge in [-0.1, -0.05) is 20.3 Å². The average molecular weight is 402 g/mol. The largest absolute Gasteiger partial charge is 0.481 e. The maximum atomic E-state index is 12.7. The van der Waals surface area contributed by atoms with Gasteiger partial charge in [-0.3, -0.25) is 19.2 Å². The lowest BCUT2D eigenvalue weighted by Gasteiger charge is -2.36. The molecular formula is C20H34O8. The Bertz CT molecular complexity index is 544. The number of esters is 2. The van der Waals surface area contributed by atoms with E-state index in [9.17, 15) is 19.2 Å². The Balaban J connectivity index is 4.99. The van der Waals surface area contributed by atoms with Crippen LogP contribution >= 0.6 is 0 Å². The van der Waals surface area contributed by atoms with Crippen LogP contribution in [0.3, 0.4) is 0 Å². The van der Waals surface area contributed by atoms with E-state index in [1.807, 2.05) is 13.8 Å². The van der Waals surface area contributed by atoms with Crippen molar-refractivity contribution in [1.29, 1.82) is 0 Å². The summed E-state index contributed by atoms with van der Waals surface area (Å²) >= 11 is 0. The van der Waals surface area contributed by atoms with Gasteiger partial charge in [0.25, 0.3) is 0 Å². The first-order chi connectivity index (χ1) is 13.0. The van der Waals surface area contributed by atoms with Gasteiger partial charge in [0.05, 0.1) is 24.0 Å². The molecule has 162 valence electrons. The zero-order valence-electron chi connectivity index (χ0n) is 17.4. The number of hydrogen-bond donors (Lipinski definition) is 2. The predicted molar refractivity (Wildman–Crippen MR) is 102 cm³/mol. The molecule has 0 heterocycles. The fraction of sp³-hybridized carbons (Fsp3) is 0.800. The van der Waals surface area contributed by atoms with Gasteiger partial charge < -0.3 is 19.7 Å². The van der Waals surface area contributed by atoms with Crippen LogP contribution in [0.15, 0.2) is 0 Å². The fourth-order valence-corrected chi connectivity index (χ4v) is 3.14. The monoisotopic (exact) mass is 402 g/mol. The highest BCUT2D eigenvalue weighted by Crippen LogP contribution is 2.41. The summed E-state index contributed by atoms with van der Waals surface area (Å²) in [6.45, 7) is 7.30. The van der Waals surface area contributed by atoms with E-state index < -0.39 is 34.7 Å². The van der Waals surface area contributed by atoms with E-state index in [1.54, 1.807) is 13.8 Å². The van der Waals surface area contributed by atoms with Crippen molar-refractivity contribution in [1.82, 2.24) is 0 Å². The molecule has 0 aliphatic carbocycles. The maximum absolute atomic E-state index is 12.7. The molecule has 0 saturated carbocycles. The molecule has 8 nitrogen and oxygen atoms in total. The summed E-state index contributed by atoms with van der Waals surface area (Å²) in [5, 5.41) is 17.3. The van der Waals surface area contributed by atoms with Crippen molar-refractivity contribution in [3.05, 3.63) is 0 Å². The lowest BCUT2D eigenvalue weighted by atomic mass is 9.69. The van der Waals surface area contributed by atoms with Gasteiger partial charge in [-0.2, -0.15) is 0 Å². The standard InChI is InChI=1S/C20H34O8/c1-5-11-20(4,18(26)28-13-8-10-16(23)24)14-19(3,6-2)17(25)27-12-7-9-15(21)22/h5-14H2,1-4H3,(H,21,22)(H,23,24). The molecule has 0 aliphatic rings. The van der Waals surface area contributed by atoms with E-state index in [1.165, 1.54) is 0 Å².